The molecule has 2 rings (SSSR count). The third-order valence-electron chi connectivity index (χ3n) is 4.37. The van der Waals surface area contributed by atoms with Gasteiger partial charge in [0.1, 0.15) is 5.54 Å². The lowest BCUT2D eigenvalue weighted by molar-refractivity contribution is -0.137. The lowest BCUT2D eigenvalue weighted by atomic mass is 9.76. The molecule has 2 aliphatic rings. The van der Waals surface area contributed by atoms with Gasteiger partial charge in [-0.3, -0.25) is 4.79 Å². The van der Waals surface area contributed by atoms with Crippen LogP contribution in [0.4, 0.5) is 0 Å². The number of amides is 1. The van der Waals surface area contributed by atoms with E-state index >= 15 is 0 Å². The highest BCUT2D eigenvalue weighted by Crippen LogP contribution is 2.35. The predicted molar refractivity (Wildman–Crippen MR) is 80.3 cm³/mol. The van der Waals surface area contributed by atoms with E-state index in [0.29, 0.717) is 38.1 Å². The summed E-state index contributed by atoms with van der Waals surface area (Å²) in [5.41, 5.74) is -1.12. The maximum absolute atomic E-state index is 12.7. The van der Waals surface area contributed by atoms with Crippen LogP contribution in [-0.4, -0.2) is 57.3 Å². The Morgan fingerprint density at radius 1 is 1.29 bits per heavy atom. The van der Waals surface area contributed by atoms with E-state index in [9.17, 15) is 13.2 Å². The monoisotopic (exact) mass is 318 g/mol. The first kappa shape index (κ1) is 16.7. The molecule has 1 N–H and O–H groups in total. The van der Waals surface area contributed by atoms with Gasteiger partial charge in [-0.05, 0) is 19.8 Å². The zero-order valence-corrected chi connectivity index (χ0v) is 13.9. The Bertz CT molecular complexity index is 485. The number of carbonyl (C=O) groups is 1. The molecule has 122 valence electrons. The van der Waals surface area contributed by atoms with Gasteiger partial charge in [0.15, 0.2) is 0 Å². The minimum Gasteiger partial charge on any atom is -0.379 e. The SMILES string of the molecule is CC(C)(NS(C)(=O)=O)C(=O)N1CCOCC(C2CCC2)C1. The Kier molecular flexibility index (Phi) is 4.95. The van der Waals surface area contributed by atoms with Crippen LogP contribution in [0.3, 0.4) is 0 Å². The molecule has 0 aromatic rings. The Labute approximate surface area is 127 Å². The smallest absolute Gasteiger partial charge is 0.243 e. The summed E-state index contributed by atoms with van der Waals surface area (Å²) >= 11 is 0. The van der Waals surface area contributed by atoms with Gasteiger partial charge in [0, 0.05) is 19.0 Å². The van der Waals surface area contributed by atoms with Crippen molar-refractivity contribution in [2.75, 3.05) is 32.6 Å². The molecule has 0 bridgehead atoms. The van der Waals surface area contributed by atoms with Gasteiger partial charge in [-0.1, -0.05) is 19.3 Å². The number of hydrogen-bond acceptors (Lipinski definition) is 4. The van der Waals surface area contributed by atoms with Crippen molar-refractivity contribution in [1.82, 2.24) is 9.62 Å². The van der Waals surface area contributed by atoms with E-state index in [1.807, 2.05) is 0 Å². The molecule has 0 aromatic heterocycles. The fourth-order valence-corrected chi connectivity index (χ4v) is 4.13. The van der Waals surface area contributed by atoms with Gasteiger partial charge in [0.2, 0.25) is 15.9 Å². The van der Waals surface area contributed by atoms with Crippen molar-refractivity contribution < 1.29 is 17.9 Å². The van der Waals surface area contributed by atoms with Crippen LogP contribution in [0.25, 0.3) is 0 Å². The lowest BCUT2D eigenvalue weighted by Gasteiger charge is -2.37. The summed E-state index contributed by atoms with van der Waals surface area (Å²) in [7, 11) is -3.43. The van der Waals surface area contributed by atoms with E-state index in [0.717, 1.165) is 6.26 Å². The average molecular weight is 318 g/mol. The van der Waals surface area contributed by atoms with Crippen LogP contribution in [0.5, 0.6) is 0 Å². The second kappa shape index (κ2) is 6.22. The van der Waals surface area contributed by atoms with Gasteiger partial charge in [-0.25, -0.2) is 13.1 Å². The molecule has 1 saturated heterocycles. The summed E-state index contributed by atoms with van der Waals surface area (Å²) in [5, 5.41) is 0. The molecular formula is C14H26N2O4S. The molecule has 1 saturated carbocycles. The molecule has 1 amide bonds. The number of carbonyl (C=O) groups excluding carboxylic acids is 1. The summed E-state index contributed by atoms with van der Waals surface area (Å²) < 4.78 is 30.9. The highest BCUT2D eigenvalue weighted by Gasteiger charge is 2.38. The predicted octanol–water partition coefficient (Wildman–Crippen LogP) is 0.589. The fraction of sp³-hybridized carbons (Fsp3) is 0.929. The molecule has 0 aromatic carbocycles. The van der Waals surface area contributed by atoms with E-state index in [2.05, 4.69) is 4.72 Å². The summed E-state index contributed by atoms with van der Waals surface area (Å²) in [6.07, 6.45) is 4.75. The van der Waals surface area contributed by atoms with Crippen molar-refractivity contribution in [3.63, 3.8) is 0 Å². The van der Waals surface area contributed by atoms with Gasteiger partial charge < -0.3 is 9.64 Å². The maximum atomic E-state index is 12.7. The second-order valence-electron chi connectivity index (χ2n) is 6.78. The molecule has 1 atom stereocenters. The van der Waals surface area contributed by atoms with E-state index in [4.69, 9.17) is 4.74 Å². The third kappa shape index (κ3) is 4.40. The van der Waals surface area contributed by atoms with Gasteiger partial charge in [0.25, 0.3) is 0 Å². The Morgan fingerprint density at radius 3 is 2.48 bits per heavy atom. The van der Waals surface area contributed by atoms with Crippen LogP contribution < -0.4 is 4.72 Å². The largest absolute Gasteiger partial charge is 0.379 e. The number of sulfonamides is 1. The lowest BCUT2D eigenvalue weighted by Crippen LogP contribution is -2.56. The first-order chi connectivity index (χ1) is 9.69. The van der Waals surface area contributed by atoms with E-state index in [-0.39, 0.29) is 5.91 Å². The highest BCUT2D eigenvalue weighted by molar-refractivity contribution is 7.88. The summed E-state index contributed by atoms with van der Waals surface area (Å²) in [6, 6.07) is 0. The van der Waals surface area contributed by atoms with Crippen LogP contribution in [0, 0.1) is 11.8 Å². The third-order valence-corrected chi connectivity index (χ3v) is 5.25. The molecule has 1 aliphatic heterocycles. The quantitative estimate of drug-likeness (QED) is 0.823. The number of ether oxygens (including phenoxy) is 1. The molecular weight excluding hydrogens is 292 g/mol. The van der Waals surface area contributed by atoms with Crippen LogP contribution in [0.15, 0.2) is 0 Å². The van der Waals surface area contributed by atoms with Crippen molar-refractivity contribution in [2.45, 2.75) is 38.6 Å². The zero-order chi connectivity index (χ0) is 15.7. The summed E-state index contributed by atoms with van der Waals surface area (Å²) in [6.45, 7) is 5.63. The summed E-state index contributed by atoms with van der Waals surface area (Å²) in [5.74, 6) is 0.839. The van der Waals surface area contributed by atoms with Crippen LogP contribution in [0.2, 0.25) is 0 Å². The van der Waals surface area contributed by atoms with Gasteiger partial charge in [-0.15, -0.1) is 0 Å². The number of nitrogens with one attached hydrogen (secondary N) is 1. The first-order valence-electron chi connectivity index (χ1n) is 7.55. The van der Waals surface area contributed by atoms with Crippen molar-refractivity contribution in [3.05, 3.63) is 0 Å². The van der Waals surface area contributed by atoms with Crippen molar-refractivity contribution in [3.8, 4) is 0 Å². The Hall–Kier alpha value is -0.660. The molecule has 1 unspecified atom stereocenters. The van der Waals surface area contributed by atoms with E-state index < -0.39 is 15.6 Å². The van der Waals surface area contributed by atoms with Gasteiger partial charge in [-0.2, -0.15) is 0 Å². The molecule has 7 heteroatoms. The van der Waals surface area contributed by atoms with Crippen LogP contribution in [0.1, 0.15) is 33.1 Å². The standard InChI is InChI=1S/C14H26N2O4S/c1-14(2,15-21(3,18)19)13(17)16-7-8-20-10-12(9-16)11-5-4-6-11/h11-12,15H,4-10H2,1-3H3. The minimum atomic E-state index is -3.43. The van der Waals surface area contributed by atoms with Gasteiger partial charge in [0.05, 0.1) is 19.5 Å². The van der Waals surface area contributed by atoms with Crippen LogP contribution in [-0.2, 0) is 19.6 Å². The molecule has 6 nitrogen and oxygen atoms in total. The second-order valence-corrected chi connectivity index (χ2v) is 8.52. The molecule has 21 heavy (non-hydrogen) atoms. The molecule has 2 fully saturated rings. The zero-order valence-electron chi connectivity index (χ0n) is 13.1. The Morgan fingerprint density at radius 2 is 1.95 bits per heavy atom. The van der Waals surface area contributed by atoms with Crippen molar-refractivity contribution in [2.24, 2.45) is 11.8 Å². The number of nitrogens with zero attached hydrogens (tertiary/aromatic N) is 1. The van der Waals surface area contributed by atoms with Crippen molar-refractivity contribution >= 4 is 15.9 Å². The molecule has 1 aliphatic carbocycles. The first-order valence-corrected chi connectivity index (χ1v) is 9.44. The van der Waals surface area contributed by atoms with Gasteiger partial charge >= 0.3 is 0 Å². The maximum Gasteiger partial charge on any atom is 0.243 e. The number of hydrogen-bond donors (Lipinski definition) is 1. The fourth-order valence-electron chi connectivity index (χ4n) is 3.12. The highest BCUT2D eigenvalue weighted by atomic mass is 32.2. The van der Waals surface area contributed by atoms with Crippen LogP contribution >= 0.6 is 0 Å². The van der Waals surface area contributed by atoms with E-state index in [1.54, 1.807) is 18.7 Å². The Balaban J connectivity index is 2.05. The normalized spacial score (nSPS) is 25.3. The number of rotatable bonds is 4. The average Bonchev–Trinajstić information content (AvgIpc) is 2.48. The van der Waals surface area contributed by atoms with E-state index in [1.165, 1.54) is 19.3 Å². The molecule has 1 heterocycles. The minimum absolute atomic E-state index is 0.178. The van der Waals surface area contributed by atoms with Crippen molar-refractivity contribution in [1.29, 1.82) is 0 Å². The summed E-state index contributed by atoms with van der Waals surface area (Å²) in [4.78, 5) is 14.4. The molecule has 0 radical (unpaired) electrons. The molecule has 0 spiro atoms. The topological polar surface area (TPSA) is 75.7 Å².